The summed E-state index contributed by atoms with van der Waals surface area (Å²) in [5, 5.41) is 0.155. The van der Waals surface area contributed by atoms with Gasteiger partial charge in [-0.3, -0.25) is 0 Å². The van der Waals surface area contributed by atoms with Crippen molar-refractivity contribution in [3.63, 3.8) is 0 Å². The summed E-state index contributed by atoms with van der Waals surface area (Å²) in [5.41, 5.74) is 6.01. The third kappa shape index (κ3) is 3.92. The van der Waals surface area contributed by atoms with E-state index >= 15 is 0 Å². The van der Waals surface area contributed by atoms with Gasteiger partial charge in [-0.2, -0.15) is 0 Å². The van der Waals surface area contributed by atoms with Crippen LogP contribution in [0.1, 0.15) is 18.4 Å². The molecule has 0 spiro atoms. The number of nitrogens with two attached hydrogens (primary N) is 1. The first kappa shape index (κ1) is 16.6. The van der Waals surface area contributed by atoms with E-state index in [4.69, 9.17) is 29.6 Å². The molecule has 3 N–H and O–H groups in total. The molecule has 1 heterocycles. The molecule has 1 fully saturated rings. The zero-order chi connectivity index (χ0) is 15.6. The smallest absolute Gasteiger partial charge is 0.242 e. The molecule has 1 aromatic rings. The van der Waals surface area contributed by atoms with Crippen molar-refractivity contribution >= 4 is 38.8 Å². The van der Waals surface area contributed by atoms with Gasteiger partial charge in [-0.1, -0.05) is 29.9 Å². The van der Waals surface area contributed by atoms with Crippen LogP contribution in [-0.4, -0.2) is 44.5 Å². The second-order valence-electron chi connectivity index (χ2n) is 5.14. The summed E-state index contributed by atoms with van der Waals surface area (Å²) in [7, 11) is -1.69. The Bertz CT molecular complexity index is 649. The van der Waals surface area contributed by atoms with Gasteiger partial charge in [-0.05, 0) is 38.6 Å². The molecule has 1 unspecified atom stereocenters. The van der Waals surface area contributed by atoms with Gasteiger partial charge in [-0.15, -0.1) is 0 Å². The number of thiocarbonyl (C=S) groups is 1. The molecule has 1 aromatic carbocycles. The van der Waals surface area contributed by atoms with Crippen LogP contribution < -0.4 is 10.5 Å². The number of likely N-dealkylation sites (N-methyl/N-ethyl adjacent to an activating group) is 1. The van der Waals surface area contributed by atoms with Crippen molar-refractivity contribution in [1.29, 1.82) is 0 Å². The van der Waals surface area contributed by atoms with Crippen LogP contribution in [0.5, 0.6) is 0 Å². The number of rotatable bonds is 5. The lowest BCUT2D eigenvalue weighted by atomic mass is 10.2. The number of benzene rings is 1. The third-order valence-corrected chi connectivity index (χ3v) is 5.83. The van der Waals surface area contributed by atoms with E-state index in [9.17, 15) is 8.42 Å². The fraction of sp³-hybridized carbons (Fsp3) is 0.462. The molecule has 116 valence electrons. The van der Waals surface area contributed by atoms with Crippen molar-refractivity contribution in [3.05, 3.63) is 28.8 Å². The molecular weight excluding hydrogens is 330 g/mol. The highest BCUT2D eigenvalue weighted by molar-refractivity contribution is 7.89. The van der Waals surface area contributed by atoms with E-state index < -0.39 is 10.0 Å². The average molecular weight is 348 g/mol. The monoisotopic (exact) mass is 347 g/mol. The molecule has 1 aliphatic rings. The molecular formula is C13H18ClN3O2S2. The number of nitrogens with zero attached hydrogens (tertiary/aromatic N) is 1. The largest absolute Gasteiger partial charge is 0.389 e. The predicted molar refractivity (Wildman–Crippen MR) is 88.2 cm³/mol. The van der Waals surface area contributed by atoms with E-state index in [2.05, 4.69) is 9.62 Å². The standard InChI is InChI=1S/C13H18ClN3O2S2/c1-17-6-2-3-10(17)8-16-21(18,19)12-7-9(13(15)20)4-5-11(12)14/h4-5,7,10,16H,2-3,6,8H2,1H3,(H2,15,20). The van der Waals surface area contributed by atoms with Crippen LogP contribution >= 0.6 is 23.8 Å². The first-order valence-electron chi connectivity index (χ1n) is 6.60. The van der Waals surface area contributed by atoms with Crippen LogP contribution in [0, 0.1) is 0 Å². The van der Waals surface area contributed by atoms with Crippen molar-refractivity contribution < 1.29 is 8.42 Å². The Labute approximate surface area is 135 Å². The topological polar surface area (TPSA) is 75.4 Å². The Morgan fingerprint density at radius 1 is 1.57 bits per heavy atom. The minimum atomic E-state index is -3.68. The number of halogens is 1. The van der Waals surface area contributed by atoms with Gasteiger partial charge >= 0.3 is 0 Å². The molecule has 0 amide bonds. The second kappa shape index (κ2) is 6.58. The molecule has 1 aliphatic heterocycles. The zero-order valence-electron chi connectivity index (χ0n) is 11.7. The number of nitrogens with one attached hydrogen (secondary N) is 1. The van der Waals surface area contributed by atoms with Gasteiger partial charge in [0, 0.05) is 18.2 Å². The van der Waals surface area contributed by atoms with Crippen LogP contribution in [0.2, 0.25) is 5.02 Å². The molecule has 0 radical (unpaired) electrons. The highest BCUT2D eigenvalue weighted by Gasteiger charge is 2.25. The Balaban J connectivity index is 2.19. The highest BCUT2D eigenvalue weighted by Crippen LogP contribution is 2.23. The Morgan fingerprint density at radius 2 is 2.29 bits per heavy atom. The SMILES string of the molecule is CN1CCCC1CNS(=O)(=O)c1cc(C(N)=S)ccc1Cl. The molecule has 1 saturated heterocycles. The second-order valence-corrected chi connectivity index (χ2v) is 7.72. The molecule has 8 heteroatoms. The van der Waals surface area contributed by atoms with Crippen LogP contribution in [0.15, 0.2) is 23.1 Å². The van der Waals surface area contributed by atoms with Crippen LogP contribution in [0.3, 0.4) is 0 Å². The van der Waals surface area contributed by atoms with E-state index in [0.29, 0.717) is 12.1 Å². The summed E-state index contributed by atoms with van der Waals surface area (Å²) in [5.74, 6) is 0. The molecule has 0 aromatic heterocycles. The van der Waals surface area contributed by atoms with Crippen molar-refractivity contribution in [2.24, 2.45) is 5.73 Å². The summed E-state index contributed by atoms with van der Waals surface area (Å²) < 4.78 is 27.4. The van der Waals surface area contributed by atoms with Crippen molar-refractivity contribution in [2.75, 3.05) is 20.1 Å². The normalized spacial score (nSPS) is 19.8. The summed E-state index contributed by atoms with van der Waals surface area (Å²) in [4.78, 5) is 2.30. The van der Waals surface area contributed by atoms with Gasteiger partial charge in [0.15, 0.2) is 0 Å². The summed E-state index contributed by atoms with van der Waals surface area (Å²) in [6.07, 6.45) is 2.07. The van der Waals surface area contributed by atoms with Gasteiger partial charge in [0.25, 0.3) is 0 Å². The van der Waals surface area contributed by atoms with E-state index in [0.717, 1.165) is 19.4 Å². The van der Waals surface area contributed by atoms with Crippen LogP contribution in [0.4, 0.5) is 0 Å². The molecule has 5 nitrogen and oxygen atoms in total. The maximum atomic E-state index is 12.4. The number of likely N-dealkylation sites (tertiary alicyclic amines) is 1. The highest BCUT2D eigenvalue weighted by atomic mass is 35.5. The Kier molecular flexibility index (Phi) is 5.21. The minimum absolute atomic E-state index is 0.00937. The summed E-state index contributed by atoms with van der Waals surface area (Å²) >= 11 is 10.9. The fourth-order valence-electron chi connectivity index (χ4n) is 2.38. The van der Waals surface area contributed by atoms with E-state index in [1.54, 1.807) is 6.07 Å². The lowest BCUT2D eigenvalue weighted by Crippen LogP contribution is -2.38. The summed E-state index contributed by atoms with van der Waals surface area (Å²) in [6.45, 7) is 1.36. The average Bonchev–Trinajstić information content (AvgIpc) is 2.82. The zero-order valence-corrected chi connectivity index (χ0v) is 14.1. The van der Waals surface area contributed by atoms with Gasteiger partial charge < -0.3 is 10.6 Å². The maximum Gasteiger partial charge on any atom is 0.242 e. The maximum absolute atomic E-state index is 12.4. The quantitative estimate of drug-likeness (QED) is 0.786. The Morgan fingerprint density at radius 3 is 2.86 bits per heavy atom. The van der Waals surface area contributed by atoms with Gasteiger partial charge in [0.2, 0.25) is 10.0 Å². The molecule has 21 heavy (non-hydrogen) atoms. The first-order chi connectivity index (χ1) is 9.81. The first-order valence-corrected chi connectivity index (χ1v) is 8.87. The predicted octanol–water partition coefficient (Wildman–Crippen LogP) is 1.35. The van der Waals surface area contributed by atoms with Crippen LogP contribution in [-0.2, 0) is 10.0 Å². The van der Waals surface area contributed by atoms with Gasteiger partial charge in [-0.25, -0.2) is 13.1 Å². The minimum Gasteiger partial charge on any atom is -0.389 e. The van der Waals surface area contributed by atoms with E-state index in [1.165, 1.54) is 12.1 Å². The lowest BCUT2D eigenvalue weighted by Gasteiger charge is -2.20. The number of hydrogen-bond acceptors (Lipinski definition) is 4. The molecule has 0 bridgehead atoms. The fourth-order valence-corrected chi connectivity index (χ4v) is 4.11. The lowest BCUT2D eigenvalue weighted by molar-refractivity contribution is 0.311. The van der Waals surface area contributed by atoms with Gasteiger partial charge in [0.1, 0.15) is 9.88 Å². The van der Waals surface area contributed by atoms with E-state index in [-0.39, 0.29) is 20.9 Å². The molecule has 2 rings (SSSR count). The number of hydrogen-bond donors (Lipinski definition) is 2. The summed E-state index contributed by atoms with van der Waals surface area (Å²) in [6, 6.07) is 4.73. The molecule has 0 aliphatic carbocycles. The van der Waals surface area contributed by atoms with Crippen molar-refractivity contribution in [3.8, 4) is 0 Å². The van der Waals surface area contributed by atoms with Gasteiger partial charge in [0.05, 0.1) is 5.02 Å². The van der Waals surface area contributed by atoms with Crippen molar-refractivity contribution in [2.45, 2.75) is 23.8 Å². The molecule has 1 atom stereocenters. The third-order valence-electron chi connectivity index (χ3n) is 3.69. The van der Waals surface area contributed by atoms with Crippen LogP contribution in [0.25, 0.3) is 0 Å². The molecule has 0 saturated carbocycles. The number of sulfonamides is 1. The van der Waals surface area contributed by atoms with Crippen molar-refractivity contribution in [1.82, 2.24) is 9.62 Å². The Hall–Kier alpha value is -0.730. The van der Waals surface area contributed by atoms with E-state index in [1.807, 2.05) is 7.05 Å².